The molecule has 2 amide bonds. The number of benzene rings is 3. The lowest BCUT2D eigenvalue weighted by Crippen LogP contribution is -2.34. The van der Waals surface area contributed by atoms with E-state index in [1.54, 1.807) is 48.5 Å². The first-order chi connectivity index (χ1) is 16.4. The van der Waals surface area contributed by atoms with E-state index in [4.69, 9.17) is 17.0 Å². The molecule has 0 heterocycles. The van der Waals surface area contributed by atoms with Crippen LogP contribution in [0.5, 0.6) is 5.75 Å². The second-order valence-corrected chi connectivity index (χ2v) is 7.34. The topological polar surface area (TPSA) is 106 Å². The minimum Gasteiger partial charge on any atom is -0.494 e. The number of methoxy groups -OCH3 is 1. The Kier molecular flexibility index (Phi) is 8.31. The smallest absolute Gasteiger partial charge is 0.337 e. The number of hydrogen-bond donors (Lipinski definition) is 3. The van der Waals surface area contributed by atoms with Gasteiger partial charge >= 0.3 is 5.97 Å². The maximum Gasteiger partial charge on any atom is 0.337 e. The largest absolute Gasteiger partial charge is 0.494 e. The van der Waals surface area contributed by atoms with Gasteiger partial charge in [0.15, 0.2) is 5.11 Å². The molecule has 8 nitrogen and oxygen atoms in total. The van der Waals surface area contributed by atoms with Crippen molar-refractivity contribution >= 4 is 46.5 Å². The molecule has 0 bridgehead atoms. The molecule has 174 valence electrons. The molecule has 0 unspecified atom stereocenters. The highest BCUT2D eigenvalue weighted by Crippen LogP contribution is 2.20. The van der Waals surface area contributed by atoms with Crippen molar-refractivity contribution in [3.63, 3.8) is 0 Å². The number of rotatable bonds is 7. The first kappa shape index (κ1) is 24.4. The number of nitrogens with one attached hydrogen (secondary N) is 3. The molecule has 0 saturated carbocycles. The first-order valence-electron chi connectivity index (χ1n) is 10.3. The first-order valence-corrected chi connectivity index (χ1v) is 10.8. The normalized spacial score (nSPS) is 10.1. The number of thiocarbonyl (C=S) groups is 1. The van der Waals surface area contributed by atoms with Gasteiger partial charge in [-0.05, 0) is 79.8 Å². The minimum atomic E-state index is -0.496. The van der Waals surface area contributed by atoms with Gasteiger partial charge in [0.1, 0.15) is 5.75 Å². The summed E-state index contributed by atoms with van der Waals surface area (Å²) in [5.41, 5.74) is 2.01. The number of esters is 1. The molecule has 0 aliphatic rings. The number of carbonyl (C=O) groups is 3. The van der Waals surface area contributed by atoms with Crippen LogP contribution in [0, 0.1) is 0 Å². The van der Waals surface area contributed by atoms with Crippen LogP contribution in [0.2, 0.25) is 0 Å². The highest BCUT2D eigenvalue weighted by atomic mass is 32.1. The van der Waals surface area contributed by atoms with Gasteiger partial charge in [0.2, 0.25) is 0 Å². The van der Waals surface area contributed by atoms with Gasteiger partial charge in [-0.3, -0.25) is 14.9 Å². The van der Waals surface area contributed by atoms with Gasteiger partial charge < -0.3 is 20.1 Å². The summed E-state index contributed by atoms with van der Waals surface area (Å²) in [4.78, 5) is 36.8. The lowest BCUT2D eigenvalue weighted by atomic mass is 10.1. The average molecular weight is 478 g/mol. The molecule has 0 aromatic heterocycles. The van der Waals surface area contributed by atoms with Crippen molar-refractivity contribution in [1.29, 1.82) is 0 Å². The summed E-state index contributed by atoms with van der Waals surface area (Å²) in [6.45, 7) is 2.45. The van der Waals surface area contributed by atoms with Crippen LogP contribution in [0.25, 0.3) is 0 Å². The molecular weight excluding hydrogens is 454 g/mol. The number of carbonyl (C=O) groups excluding carboxylic acids is 3. The molecule has 9 heteroatoms. The molecule has 3 N–H and O–H groups in total. The van der Waals surface area contributed by atoms with E-state index in [1.807, 2.05) is 6.92 Å². The number of ether oxygens (including phenoxy) is 2. The maximum absolute atomic E-state index is 12.8. The van der Waals surface area contributed by atoms with Gasteiger partial charge in [-0.1, -0.05) is 12.1 Å². The maximum atomic E-state index is 12.8. The number of amides is 2. The fourth-order valence-corrected chi connectivity index (χ4v) is 3.20. The molecule has 0 aliphatic heterocycles. The van der Waals surface area contributed by atoms with Crippen LogP contribution in [-0.2, 0) is 4.74 Å². The van der Waals surface area contributed by atoms with Gasteiger partial charge in [0, 0.05) is 11.3 Å². The fourth-order valence-electron chi connectivity index (χ4n) is 2.99. The van der Waals surface area contributed by atoms with Crippen LogP contribution in [0.1, 0.15) is 38.0 Å². The molecule has 0 radical (unpaired) electrons. The van der Waals surface area contributed by atoms with Crippen LogP contribution >= 0.6 is 12.2 Å². The molecule has 3 aromatic carbocycles. The Hall–Kier alpha value is -4.24. The van der Waals surface area contributed by atoms with Gasteiger partial charge in [0.25, 0.3) is 11.8 Å². The Balaban J connectivity index is 1.64. The monoisotopic (exact) mass is 477 g/mol. The summed E-state index contributed by atoms with van der Waals surface area (Å²) in [5.74, 6) is -0.599. The summed E-state index contributed by atoms with van der Waals surface area (Å²) in [5, 5.41) is 8.29. The zero-order valence-corrected chi connectivity index (χ0v) is 19.4. The SMILES string of the molecule is CCOc1ccc(NC(=O)c2ccccc2NC(=S)NC(=O)c2ccc(C(=O)OC)cc2)cc1. The van der Waals surface area contributed by atoms with E-state index in [-0.39, 0.29) is 11.0 Å². The fraction of sp³-hybridized carbons (Fsp3) is 0.120. The Morgan fingerprint density at radius 2 is 1.47 bits per heavy atom. The second-order valence-electron chi connectivity index (χ2n) is 6.93. The molecule has 3 rings (SSSR count). The van der Waals surface area contributed by atoms with Gasteiger partial charge in [-0.25, -0.2) is 4.79 Å². The third-order valence-electron chi connectivity index (χ3n) is 4.64. The van der Waals surface area contributed by atoms with E-state index in [2.05, 4.69) is 20.7 Å². The number of anilines is 2. The van der Waals surface area contributed by atoms with Gasteiger partial charge in [-0.15, -0.1) is 0 Å². The Bertz CT molecular complexity index is 1190. The van der Waals surface area contributed by atoms with Crippen LogP contribution in [0.4, 0.5) is 11.4 Å². The summed E-state index contributed by atoms with van der Waals surface area (Å²) < 4.78 is 10.0. The average Bonchev–Trinajstić information content (AvgIpc) is 2.85. The predicted molar refractivity (Wildman–Crippen MR) is 133 cm³/mol. The molecule has 34 heavy (non-hydrogen) atoms. The van der Waals surface area contributed by atoms with E-state index in [1.165, 1.54) is 31.4 Å². The number of para-hydroxylation sites is 1. The van der Waals surface area contributed by atoms with Crippen molar-refractivity contribution in [2.24, 2.45) is 0 Å². The molecular formula is C25H23N3O5S. The summed E-state index contributed by atoms with van der Waals surface area (Å²) in [6, 6.07) is 19.8. The highest BCUT2D eigenvalue weighted by Gasteiger charge is 2.15. The third kappa shape index (κ3) is 6.39. The van der Waals surface area contributed by atoms with E-state index >= 15 is 0 Å². The molecule has 0 aliphatic carbocycles. The zero-order chi connectivity index (χ0) is 24.5. The molecule has 0 saturated heterocycles. The zero-order valence-electron chi connectivity index (χ0n) is 18.6. The van der Waals surface area contributed by atoms with Gasteiger partial charge in [0.05, 0.1) is 30.5 Å². The van der Waals surface area contributed by atoms with E-state index in [0.29, 0.717) is 40.4 Å². The third-order valence-corrected chi connectivity index (χ3v) is 4.84. The minimum absolute atomic E-state index is 0.0170. The Morgan fingerprint density at radius 3 is 2.12 bits per heavy atom. The quantitative estimate of drug-likeness (QED) is 0.345. The van der Waals surface area contributed by atoms with E-state index < -0.39 is 11.9 Å². The van der Waals surface area contributed by atoms with Crippen molar-refractivity contribution < 1.29 is 23.9 Å². The van der Waals surface area contributed by atoms with Gasteiger partial charge in [-0.2, -0.15) is 0 Å². The lowest BCUT2D eigenvalue weighted by Gasteiger charge is -2.14. The van der Waals surface area contributed by atoms with Crippen molar-refractivity contribution in [2.75, 3.05) is 24.4 Å². The Morgan fingerprint density at radius 1 is 0.824 bits per heavy atom. The molecule has 0 spiro atoms. The van der Waals surface area contributed by atoms with Crippen molar-refractivity contribution in [2.45, 2.75) is 6.92 Å². The second kappa shape index (κ2) is 11.6. The predicted octanol–water partition coefficient (Wildman–Crippen LogP) is 4.25. The van der Waals surface area contributed by atoms with Crippen LogP contribution in [0.3, 0.4) is 0 Å². The molecule has 0 fully saturated rings. The van der Waals surface area contributed by atoms with Crippen LogP contribution in [-0.4, -0.2) is 36.6 Å². The summed E-state index contributed by atoms with van der Waals surface area (Å²) in [7, 11) is 1.28. The lowest BCUT2D eigenvalue weighted by molar-refractivity contribution is 0.0600. The summed E-state index contributed by atoms with van der Waals surface area (Å²) >= 11 is 5.25. The standard InChI is InChI=1S/C25H23N3O5S/c1-3-33-19-14-12-18(13-15-19)26-23(30)20-6-4-5-7-21(20)27-25(34)28-22(29)16-8-10-17(11-9-16)24(31)32-2/h4-15H,3H2,1-2H3,(H,26,30)(H2,27,28,29,34). The Labute approximate surface area is 202 Å². The van der Waals surface area contributed by atoms with E-state index in [9.17, 15) is 14.4 Å². The van der Waals surface area contributed by atoms with Crippen molar-refractivity contribution in [3.8, 4) is 5.75 Å². The highest BCUT2D eigenvalue weighted by molar-refractivity contribution is 7.80. The van der Waals surface area contributed by atoms with E-state index in [0.717, 1.165) is 0 Å². The van der Waals surface area contributed by atoms with Crippen LogP contribution < -0.4 is 20.7 Å². The summed E-state index contributed by atoms with van der Waals surface area (Å²) in [6.07, 6.45) is 0. The number of hydrogen-bond acceptors (Lipinski definition) is 6. The van der Waals surface area contributed by atoms with Crippen molar-refractivity contribution in [3.05, 3.63) is 89.5 Å². The molecule has 0 atom stereocenters. The molecule has 3 aromatic rings. The van der Waals surface area contributed by atoms with Crippen molar-refractivity contribution in [1.82, 2.24) is 5.32 Å². The van der Waals surface area contributed by atoms with Crippen LogP contribution in [0.15, 0.2) is 72.8 Å².